The molecule has 0 N–H and O–H groups in total. The topological polar surface area (TPSA) is 61.8 Å². The molecule has 3 aromatic rings. The summed E-state index contributed by atoms with van der Waals surface area (Å²) in [6.45, 7) is 1.78. The van der Waals surface area contributed by atoms with Gasteiger partial charge in [0.25, 0.3) is 0 Å². The van der Waals surface area contributed by atoms with Gasteiger partial charge >= 0.3 is 5.97 Å². The van der Waals surface area contributed by atoms with Gasteiger partial charge in [-0.3, -0.25) is 4.79 Å². The molecule has 0 atom stereocenters. The van der Waals surface area contributed by atoms with Gasteiger partial charge in [0.05, 0.1) is 18.2 Å². The Balaban J connectivity index is 1.64. The van der Waals surface area contributed by atoms with E-state index in [1.54, 1.807) is 50.4 Å². The zero-order valence-electron chi connectivity index (χ0n) is 16.3. The molecular weight excluding hydrogens is 448 g/mol. The zero-order valence-corrected chi connectivity index (χ0v) is 17.9. The van der Waals surface area contributed by atoms with E-state index in [9.17, 15) is 9.59 Å². The number of halogens is 1. The first-order chi connectivity index (χ1) is 14.5. The second kappa shape index (κ2) is 8.16. The molecule has 1 aliphatic rings. The molecule has 0 saturated heterocycles. The smallest absolute Gasteiger partial charge is 0.344 e. The standard InChI is InChI=1S/C24H17BrO5/c1-14-11-16(29-24(27)17-8-4-5-9-18(17)25)13-20-22(14)23(26)21(30-20)12-15-7-3-6-10-19(15)28-2/h3-13H,1-2H3/b21-12-. The maximum absolute atomic E-state index is 12.9. The van der Waals surface area contributed by atoms with Crippen molar-refractivity contribution in [2.24, 2.45) is 0 Å². The van der Waals surface area contributed by atoms with E-state index in [0.717, 1.165) is 5.56 Å². The first kappa shape index (κ1) is 19.9. The molecule has 0 aliphatic carbocycles. The molecule has 3 aromatic carbocycles. The van der Waals surface area contributed by atoms with Crippen LogP contribution in [0, 0.1) is 6.92 Å². The lowest BCUT2D eigenvalue weighted by atomic mass is 10.0. The van der Waals surface area contributed by atoms with Crippen molar-refractivity contribution in [3.63, 3.8) is 0 Å². The van der Waals surface area contributed by atoms with E-state index < -0.39 is 5.97 Å². The van der Waals surface area contributed by atoms with E-state index in [-0.39, 0.29) is 11.5 Å². The molecule has 30 heavy (non-hydrogen) atoms. The van der Waals surface area contributed by atoms with Crippen LogP contribution in [0.4, 0.5) is 0 Å². The summed E-state index contributed by atoms with van der Waals surface area (Å²) >= 11 is 3.35. The Hall–Kier alpha value is -3.38. The summed E-state index contributed by atoms with van der Waals surface area (Å²) in [6, 6.07) is 17.6. The normalized spacial score (nSPS) is 13.7. The number of rotatable bonds is 4. The molecule has 1 aliphatic heterocycles. The summed E-state index contributed by atoms with van der Waals surface area (Å²) in [5.41, 5.74) is 2.26. The summed E-state index contributed by atoms with van der Waals surface area (Å²) in [6.07, 6.45) is 1.65. The third kappa shape index (κ3) is 3.74. The number of hydrogen-bond donors (Lipinski definition) is 0. The average molecular weight is 465 g/mol. The van der Waals surface area contributed by atoms with Crippen LogP contribution < -0.4 is 14.2 Å². The Morgan fingerprint density at radius 3 is 2.57 bits per heavy atom. The van der Waals surface area contributed by atoms with Crippen LogP contribution >= 0.6 is 15.9 Å². The monoisotopic (exact) mass is 464 g/mol. The van der Waals surface area contributed by atoms with E-state index in [1.807, 2.05) is 30.3 Å². The molecule has 0 radical (unpaired) electrons. The van der Waals surface area contributed by atoms with Crippen molar-refractivity contribution in [1.82, 2.24) is 0 Å². The Kier molecular flexibility index (Phi) is 5.42. The maximum Gasteiger partial charge on any atom is 0.344 e. The van der Waals surface area contributed by atoms with Crippen molar-refractivity contribution in [2.75, 3.05) is 7.11 Å². The molecule has 0 fully saturated rings. The van der Waals surface area contributed by atoms with Gasteiger partial charge in [0.15, 0.2) is 5.76 Å². The van der Waals surface area contributed by atoms with Gasteiger partial charge < -0.3 is 14.2 Å². The van der Waals surface area contributed by atoms with Crippen LogP contribution in [0.15, 0.2) is 70.9 Å². The predicted octanol–water partition coefficient (Wildman–Crippen LogP) is 5.60. The number of allylic oxidation sites excluding steroid dienone is 1. The summed E-state index contributed by atoms with van der Waals surface area (Å²) in [7, 11) is 1.57. The van der Waals surface area contributed by atoms with Crippen LogP contribution in [-0.4, -0.2) is 18.9 Å². The average Bonchev–Trinajstić information content (AvgIpc) is 3.04. The number of ketones is 1. The molecule has 1 heterocycles. The van der Waals surface area contributed by atoms with Crippen molar-refractivity contribution < 1.29 is 23.8 Å². The van der Waals surface area contributed by atoms with Gasteiger partial charge in [-0.25, -0.2) is 4.79 Å². The highest BCUT2D eigenvalue weighted by molar-refractivity contribution is 9.10. The minimum Gasteiger partial charge on any atom is -0.496 e. The van der Waals surface area contributed by atoms with Crippen LogP contribution in [0.3, 0.4) is 0 Å². The molecule has 150 valence electrons. The second-order valence-electron chi connectivity index (χ2n) is 6.66. The summed E-state index contributed by atoms with van der Waals surface area (Å²) in [5.74, 6) is 0.756. The van der Waals surface area contributed by atoms with Gasteiger partial charge in [-0.05, 0) is 58.8 Å². The highest BCUT2D eigenvalue weighted by Crippen LogP contribution is 2.38. The fourth-order valence-corrected chi connectivity index (χ4v) is 3.70. The largest absolute Gasteiger partial charge is 0.496 e. The second-order valence-corrected chi connectivity index (χ2v) is 7.52. The fourth-order valence-electron chi connectivity index (χ4n) is 3.25. The minimum absolute atomic E-state index is 0.187. The number of benzene rings is 3. The van der Waals surface area contributed by atoms with E-state index >= 15 is 0 Å². The number of para-hydroxylation sites is 1. The van der Waals surface area contributed by atoms with Gasteiger partial charge in [0.2, 0.25) is 5.78 Å². The number of Topliss-reactive ketones (excluding diaryl/α,β-unsaturated/α-hetero) is 1. The number of fused-ring (bicyclic) bond motifs is 1. The fraction of sp³-hybridized carbons (Fsp3) is 0.0833. The van der Waals surface area contributed by atoms with E-state index in [1.165, 1.54) is 0 Å². The molecule has 0 amide bonds. The Bertz CT molecular complexity index is 1200. The van der Waals surface area contributed by atoms with Crippen LogP contribution in [0.1, 0.15) is 31.8 Å². The lowest BCUT2D eigenvalue weighted by Gasteiger charge is -2.08. The SMILES string of the molecule is COc1ccccc1/C=C1\Oc2cc(OC(=O)c3ccccc3Br)cc(C)c2C1=O. The Labute approximate surface area is 182 Å². The summed E-state index contributed by atoms with van der Waals surface area (Å²) in [5, 5.41) is 0. The number of hydrogen-bond acceptors (Lipinski definition) is 5. The minimum atomic E-state index is -0.504. The third-order valence-corrected chi connectivity index (χ3v) is 5.36. The number of methoxy groups -OCH3 is 1. The van der Waals surface area contributed by atoms with Gasteiger partial charge in [-0.1, -0.05) is 30.3 Å². The van der Waals surface area contributed by atoms with Gasteiger partial charge in [-0.15, -0.1) is 0 Å². The van der Waals surface area contributed by atoms with E-state index in [0.29, 0.717) is 38.4 Å². The zero-order chi connectivity index (χ0) is 21.3. The Morgan fingerprint density at radius 2 is 1.80 bits per heavy atom. The molecule has 4 rings (SSSR count). The highest BCUT2D eigenvalue weighted by atomic mass is 79.9. The molecule has 0 aromatic heterocycles. The third-order valence-electron chi connectivity index (χ3n) is 4.67. The van der Waals surface area contributed by atoms with Crippen molar-refractivity contribution >= 4 is 33.8 Å². The van der Waals surface area contributed by atoms with Gasteiger partial charge in [0.1, 0.15) is 17.2 Å². The molecular formula is C24H17BrO5. The molecule has 0 bridgehead atoms. The maximum atomic E-state index is 12.9. The lowest BCUT2D eigenvalue weighted by Crippen LogP contribution is -2.09. The van der Waals surface area contributed by atoms with Crippen molar-refractivity contribution in [3.8, 4) is 17.2 Å². The molecule has 0 saturated carbocycles. The quantitative estimate of drug-likeness (QED) is 0.285. The van der Waals surface area contributed by atoms with Gasteiger partial charge in [-0.2, -0.15) is 0 Å². The Morgan fingerprint density at radius 1 is 1.07 bits per heavy atom. The first-order valence-corrected chi connectivity index (χ1v) is 9.96. The molecule has 6 heteroatoms. The van der Waals surface area contributed by atoms with Crippen molar-refractivity contribution in [1.29, 1.82) is 0 Å². The summed E-state index contributed by atoms with van der Waals surface area (Å²) < 4.78 is 17.3. The van der Waals surface area contributed by atoms with Gasteiger partial charge in [0, 0.05) is 16.1 Å². The van der Waals surface area contributed by atoms with Crippen LogP contribution in [0.25, 0.3) is 6.08 Å². The molecule has 5 nitrogen and oxygen atoms in total. The summed E-state index contributed by atoms with van der Waals surface area (Å²) in [4.78, 5) is 25.4. The van der Waals surface area contributed by atoms with Crippen LogP contribution in [0.5, 0.6) is 17.2 Å². The number of esters is 1. The van der Waals surface area contributed by atoms with Crippen LogP contribution in [0.2, 0.25) is 0 Å². The molecule has 0 unspecified atom stereocenters. The van der Waals surface area contributed by atoms with Crippen molar-refractivity contribution in [3.05, 3.63) is 93.1 Å². The van der Waals surface area contributed by atoms with Crippen LogP contribution in [-0.2, 0) is 0 Å². The van der Waals surface area contributed by atoms with E-state index in [2.05, 4.69) is 15.9 Å². The predicted molar refractivity (Wildman–Crippen MR) is 116 cm³/mol. The van der Waals surface area contributed by atoms with Crippen molar-refractivity contribution in [2.45, 2.75) is 6.92 Å². The van der Waals surface area contributed by atoms with E-state index in [4.69, 9.17) is 14.2 Å². The number of carbonyl (C=O) groups is 2. The lowest BCUT2D eigenvalue weighted by molar-refractivity contribution is 0.0733. The highest BCUT2D eigenvalue weighted by Gasteiger charge is 2.30. The number of carbonyl (C=O) groups excluding carboxylic acids is 2. The number of aryl methyl sites for hydroxylation is 1. The molecule has 0 spiro atoms. The first-order valence-electron chi connectivity index (χ1n) is 9.16. The number of ether oxygens (including phenoxy) is 3.